The van der Waals surface area contributed by atoms with Crippen LogP contribution in [0.25, 0.3) is 22.4 Å². The van der Waals surface area contributed by atoms with Crippen LogP contribution in [0.15, 0.2) is 36.4 Å². The van der Waals surface area contributed by atoms with E-state index in [1.807, 2.05) is 43.3 Å². The minimum Gasteiger partial charge on any atom is -0.493 e. The monoisotopic (exact) mass is 283 g/mol. The number of H-pyrrole nitrogens is 1. The molecule has 5 nitrogen and oxygen atoms in total. The molecule has 0 unspecified atom stereocenters. The highest BCUT2D eigenvalue weighted by atomic mass is 16.5. The molecule has 0 saturated carbocycles. The van der Waals surface area contributed by atoms with Crippen molar-refractivity contribution < 1.29 is 9.47 Å². The number of nitrogens with one attached hydrogen (secondary N) is 1. The molecule has 3 N–H and O–H groups in total. The first-order chi connectivity index (χ1) is 10.2. The summed E-state index contributed by atoms with van der Waals surface area (Å²) in [7, 11) is 1.63. The third-order valence-electron chi connectivity index (χ3n) is 3.25. The molecular weight excluding hydrogens is 266 g/mol. The van der Waals surface area contributed by atoms with E-state index in [1.54, 1.807) is 7.11 Å². The third kappa shape index (κ3) is 2.38. The zero-order valence-electron chi connectivity index (χ0n) is 12.0. The number of hydrogen-bond acceptors (Lipinski definition) is 4. The number of benzene rings is 2. The van der Waals surface area contributed by atoms with Crippen LogP contribution in [0.2, 0.25) is 0 Å². The highest BCUT2D eigenvalue weighted by Crippen LogP contribution is 2.37. The van der Waals surface area contributed by atoms with Crippen LogP contribution in [0.4, 0.5) is 5.69 Å². The number of nitrogens with zero attached hydrogens (tertiary/aromatic N) is 1. The lowest BCUT2D eigenvalue weighted by atomic mass is 10.1. The molecule has 0 aliphatic carbocycles. The molecule has 21 heavy (non-hydrogen) atoms. The van der Waals surface area contributed by atoms with E-state index in [0.29, 0.717) is 23.8 Å². The number of methoxy groups -OCH3 is 1. The summed E-state index contributed by atoms with van der Waals surface area (Å²) in [4.78, 5) is 7.87. The van der Waals surface area contributed by atoms with Crippen molar-refractivity contribution in [3.8, 4) is 22.9 Å². The van der Waals surface area contributed by atoms with Crippen molar-refractivity contribution in [2.24, 2.45) is 0 Å². The van der Waals surface area contributed by atoms with E-state index in [4.69, 9.17) is 15.2 Å². The van der Waals surface area contributed by atoms with Gasteiger partial charge < -0.3 is 20.2 Å². The van der Waals surface area contributed by atoms with Crippen LogP contribution in [0.3, 0.4) is 0 Å². The van der Waals surface area contributed by atoms with Gasteiger partial charge >= 0.3 is 0 Å². The molecule has 108 valence electrons. The van der Waals surface area contributed by atoms with Crippen molar-refractivity contribution >= 4 is 16.7 Å². The Kier molecular flexibility index (Phi) is 3.39. The highest BCUT2D eigenvalue weighted by molar-refractivity contribution is 5.83. The SMILES string of the molecule is CCOc1c(OC)cccc1-c1nc2ccc(N)cc2[nH]1. The van der Waals surface area contributed by atoms with Crippen LogP contribution in [0.5, 0.6) is 11.5 Å². The van der Waals surface area contributed by atoms with E-state index in [0.717, 1.165) is 22.4 Å². The molecule has 3 aromatic rings. The van der Waals surface area contributed by atoms with Crippen molar-refractivity contribution in [3.63, 3.8) is 0 Å². The normalized spacial score (nSPS) is 10.8. The number of aromatic amines is 1. The molecule has 0 atom stereocenters. The van der Waals surface area contributed by atoms with Crippen LogP contribution in [0.1, 0.15) is 6.92 Å². The first kappa shape index (κ1) is 13.3. The molecule has 0 radical (unpaired) electrons. The average Bonchev–Trinajstić information content (AvgIpc) is 2.90. The Bertz CT molecular complexity index is 780. The maximum absolute atomic E-state index is 5.80. The van der Waals surface area contributed by atoms with Crippen molar-refractivity contribution in [2.45, 2.75) is 6.92 Å². The largest absolute Gasteiger partial charge is 0.493 e. The van der Waals surface area contributed by atoms with Gasteiger partial charge in [-0.05, 0) is 37.3 Å². The maximum Gasteiger partial charge on any atom is 0.172 e. The molecule has 2 aromatic carbocycles. The Hall–Kier alpha value is -2.69. The second-order valence-electron chi connectivity index (χ2n) is 4.63. The Balaban J connectivity index is 2.17. The smallest absolute Gasteiger partial charge is 0.172 e. The number of hydrogen-bond donors (Lipinski definition) is 2. The van der Waals surface area contributed by atoms with Gasteiger partial charge in [-0.15, -0.1) is 0 Å². The van der Waals surface area contributed by atoms with E-state index in [2.05, 4.69) is 9.97 Å². The first-order valence-electron chi connectivity index (χ1n) is 6.78. The van der Waals surface area contributed by atoms with E-state index < -0.39 is 0 Å². The molecule has 0 aliphatic rings. The Labute approximate surface area is 122 Å². The molecule has 0 bridgehead atoms. The Morgan fingerprint density at radius 1 is 1.24 bits per heavy atom. The molecular formula is C16H17N3O2. The molecule has 0 saturated heterocycles. The minimum absolute atomic E-state index is 0.556. The van der Waals surface area contributed by atoms with Crippen molar-refractivity contribution in [1.82, 2.24) is 9.97 Å². The predicted octanol–water partition coefficient (Wildman–Crippen LogP) is 3.22. The van der Waals surface area contributed by atoms with Gasteiger partial charge in [0.15, 0.2) is 11.5 Å². The summed E-state index contributed by atoms with van der Waals surface area (Å²) in [5.74, 6) is 2.11. The Morgan fingerprint density at radius 3 is 2.86 bits per heavy atom. The van der Waals surface area contributed by atoms with Gasteiger partial charge in [0.2, 0.25) is 0 Å². The van der Waals surface area contributed by atoms with Crippen LogP contribution in [-0.4, -0.2) is 23.7 Å². The van der Waals surface area contributed by atoms with E-state index in [9.17, 15) is 0 Å². The number of para-hydroxylation sites is 1. The number of ether oxygens (including phenoxy) is 2. The van der Waals surface area contributed by atoms with Gasteiger partial charge in [-0.3, -0.25) is 0 Å². The molecule has 0 fully saturated rings. The van der Waals surface area contributed by atoms with E-state index in [1.165, 1.54) is 0 Å². The number of imidazole rings is 1. The lowest BCUT2D eigenvalue weighted by Crippen LogP contribution is -1.98. The van der Waals surface area contributed by atoms with E-state index in [-0.39, 0.29) is 0 Å². The summed E-state index contributed by atoms with van der Waals surface area (Å²) < 4.78 is 11.1. The van der Waals surface area contributed by atoms with Gasteiger partial charge in [-0.1, -0.05) is 6.07 Å². The van der Waals surface area contributed by atoms with Gasteiger partial charge in [0.25, 0.3) is 0 Å². The standard InChI is InChI=1S/C16H17N3O2/c1-3-21-15-11(5-4-6-14(15)20-2)16-18-12-8-7-10(17)9-13(12)19-16/h4-9H,3,17H2,1-2H3,(H,18,19). The van der Waals surface area contributed by atoms with Crippen molar-refractivity contribution in [3.05, 3.63) is 36.4 Å². The minimum atomic E-state index is 0.556. The summed E-state index contributed by atoms with van der Waals surface area (Å²) in [6.07, 6.45) is 0. The second kappa shape index (κ2) is 5.36. The lowest BCUT2D eigenvalue weighted by Gasteiger charge is -2.12. The molecule has 0 amide bonds. The van der Waals surface area contributed by atoms with Crippen LogP contribution in [0, 0.1) is 0 Å². The lowest BCUT2D eigenvalue weighted by molar-refractivity contribution is 0.312. The summed E-state index contributed by atoms with van der Waals surface area (Å²) in [5.41, 5.74) is 9.14. The van der Waals surface area contributed by atoms with Gasteiger partial charge in [0.1, 0.15) is 5.82 Å². The number of nitrogen functional groups attached to an aromatic ring is 1. The highest BCUT2D eigenvalue weighted by Gasteiger charge is 2.15. The summed E-state index contributed by atoms with van der Waals surface area (Å²) >= 11 is 0. The molecule has 5 heteroatoms. The number of anilines is 1. The third-order valence-corrected chi connectivity index (χ3v) is 3.25. The number of rotatable bonds is 4. The fourth-order valence-electron chi connectivity index (χ4n) is 2.31. The summed E-state index contributed by atoms with van der Waals surface area (Å²) in [6, 6.07) is 11.3. The molecule has 0 spiro atoms. The van der Waals surface area contributed by atoms with Crippen LogP contribution < -0.4 is 15.2 Å². The predicted molar refractivity (Wildman–Crippen MR) is 83.7 cm³/mol. The molecule has 3 rings (SSSR count). The summed E-state index contributed by atoms with van der Waals surface area (Å²) in [5, 5.41) is 0. The number of fused-ring (bicyclic) bond motifs is 1. The van der Waals surface area contributed by atoms with Crippen LogP contribution in [-0.2, 0) is 0 Å². The first-order valence-corrected chi connectivity index (χ1v) is 6.78. The van der Waals surface area contributed by atoms with Gasteiger partial charge in [-0.2, -0.15) is 0 Å². The van der Waals surface area contributed by atoms with Crippen molar-refractivity contribution in [2.75, 3.05) is 19.5 Å². The molecule has 0 aliphatic heterocycles. The number of nitrogens with two attached hydrogens (primary N) is 1. The Morgan fingerprint density at radius 2 is 2.10 bits per heavy atom. The van der Waals surface area contributed by atoms with Crippen molar-refractivity contribution in [1.29, 1.82) is 0 Å². The van der Waals surface area contributed by atoms with Crippen LogP contribution >= 0.6 is 0 Å². The maximum atomic E-state index is 5.80. The van der Waals surface area contributed by atoms with Gasteiger partial charge in [0.05, 0.1) is 30.3 Å². The zero-order chi connectivity index (χ0) is 14.8. The fourth-order valence-corrected chi connectivity index (χ4v) is 2.31. The fraction of sp³-hybridized carbons (Fsp3) is 0.188. The van der Waals surface area contributed by atoms with E-state index >= 15 is 0 Å². The number of aromatic nitrogens is 2. The average molecular weight is 283 g/mol. The molecule has 1 aromatic heterocycles. The second-order valence-corrected chi connectivity index (χ2v) is 4.63. The molecule has 1 heterocycles. The quantitative estimate of drug-likeness (QED) is 0.721. The van der Waals surface area contributed by atoms with Gasteiger partial charge in [0, 0.05) is 5.69 Å². The summed E-state index contributed by atoms with van der Waals surface area (Å²) in [6.45, 7) is 2.50. The van der Waals surface area contributed by atoms with Gasteiger partial charge in [-0.25, -0.2) is 4.98 Å². The topological polar surface area (TPSA) is 73.2 Å². The zero-order valence-corrected chi connectivity index (χ0v) is 12.0.